The van der Waals surface area contributed by atoms with Gasteiger partial charge in [0.15, 0.2) is 0 Å². The largest absolute Gasteiger partial charge is 0.360 e. The molecule has 3 aliphatic rings. The monoisotopic (exact) mass is 710 g/mol. The number of benzene rings is 9. The molecule has 0 radical (unpaired) electrons. The lowest BCUT2D eigenvalue weighted by Gasteiger charge is -2.26. The number of hydrogen-bond acceptors (Lipinski definition) is 2. The SMILES string of the molecule is C1=C(c2ccccc2)NC(c2cc(-c3ccc4c5c(cccc35)-c3ccccc3-4)cc(-c3ccc4c5c(cccc35)-c3ccccc3-4)c2)N=C1c1ccccc1. The molecule has 2 aliphatic carbocycles. The van der Waals surface area contributed by atoms with Crippen LogP contribution in [-0.4, -0.2) is 5.71 Å². The molecule has 1 aliphatic heterocycles. The topological polar surface area (TPSA) is 24.4 Å². The Morgan fingerprint density at radius 3 is 1.29 bits per heavy atom. The average Bonchev–Trinajstić information content (AvgIpc) is 3.78. The van der Waals surface area contributed by atoms with Crippen LogP contribution in [0.1, 0.15) is 22.9 Å². The Labute approximate surface area is 325 Å². The first-order chi connectivity index (χ1) is 27.8. The number of hydrogen-bond donors (Lipinski definition) is 1. The van der Waals surface area contributed by atoms with Gasteiger partial charge >= 0.3 is 0 Å². The summed E-state index contributed by atoms with van der Waals surface area (Å²) in [6.45, 7) is 0. The maximum Gasteiger partial charge on any atom is 0.145 e. The fourth-order valence-electron chi connectivity index (χ4n) is 9.48. The van der Waals surface area contributed by atoms with Crippen LogP contribution in [0, 0.1) is 0 Å². The van der Waals surface area contributed by atoms with Crippen LogP contribution in [0.15, 0.2) is 199 Å². The van der Waals surface area contributed by atoms with Gasteiger partial charge in [0.25, 0.3) is 0 Å². The molecule has 12 rings (SSSR count). The van der Waals surface area contributed by atoms with Crippen LogP contribution in [0.3, 0.4) is 0 Å². The summed E-state index contributed by atoms with van der Waals surface area (Å²) in [4.78, 5) is 5.45. The lowest BCUT2D eigenvalue weighted by molar-refractivity contribution is 0.664. The maximum absolute atomic E-state index is 5.45. The van der Waals surface area contributed by atoms with Crippen molar-refractivity contribution in [1.82, 2.24) is 5.32 Å². The predicted octanol–water partition coefficient (Wildman–Crippen LogP) is 13.8. The molecule has 1 unspecified atom stereocenters. The van der Waals surface area contributed by atoms with E-state index < -0.39 is 0 Å². The highest BCUT2D eigenvalue weighted by Crippen LogP contribution is 2.51. The first-order valence-corrected chi connectivity index (χ1v) is 19.4. The zero-order chi connectivity index (χ0) is 36.7. The third-order valence-corrected chi connectivity index (χ3v) is 12.0. The zero-order valence-corrected chi connectivity index (χ0v) is 30.5. The van der Waals surface area contributed by atoms with Gasteiger partial charge in [0, 0.05) is 5.70 Å². The van der Waals surface area contributed by atoms with E-state index in [9.17, 15) is 0 Å². The number of nitrogens with zero attached hydrogens (tertiary/aromatic N) is 1. The Bertz CT molecular complexity index is 2940. The smallest absolute Gasteiger partial charge is 0.145 e. The van der Waals surface area contributed by atoms with Crippen molar-refractivity contribution in [3.05, 3.63) is 211 Å². The normalized spacial score (nSPS) is 14.6. The highest BCUT2D eigenvalue weighted by Gasteiger charge is 2.26. The van der Waals surface area contributed by atoms with Crippen molar-refractivity contribution in [2.45, 2.75) is 6.17 Å². The lowest BCUT2D eigenvalue weighted by Crippen LogP contribution is -2.25. The highest BCUT2D eigenvalue weighted by molar-refractivity contribution is 6.20. The van der Waals surface area contributed by atoms with Crippen molar-refractivity contribution in [2.75, 3.05) is 0 Å². The summed E-state index contributed by atoms with van der Waals surface area (Å²) >= 11 is 0. The van der Waals surface area contributed by atoms with Crippen molar-refractivity contribution < 1.29 is 0 Å². The predicted molar refractivity (Wildman–Crippen MR) is 234 cm³/mol. The third kappa shape index (κ3) is 4.66. The number of rotatable bonds is 5. The lowest BCUT2D eigenvalue weighted by atomic mass is 9.88. The fraction of sp³-hybridized carbons (Fsp3) is 0.0185. The minimum atomic E-state index is -0.314. The zero-order valence-electron chi connectivity index (χ0n) is 30.5. The molecule has 0 saturated heterocycles. The van der Waals surface area contributed by atoms with Gasteiger partial charge in [0.2, 0.25) is 0 Å². The highest BCUT2D eigenvalue weighted by atomic mass is 15.1. The van der Waals surface area contributed by atoms with E-state index in [1.165, 1.54) is 88.3 Å². The molecule has 0 spiro atoms. The molecule has 2 nitrogen and oxygen atoms in total. The second kappa shape index (κ2) is 12.1. The molecule has 9 aromatic rings. The second-order valence-corrected chi connectivity index (χ2v) is 15.1. The summed E-state index contributed by atoms with van der Waals surface area (Å²) in [6.07, 6.45) is 1.87. The minimum Gasteiger partial charge on any atom is -0.360 e. The summed E-state index contributed by atoms with van der Waals surface area (Å²) in [7, 11) is 0. The van der Waals surface area contributed by atoms with Gasteiger partial charge < -0.3 is 5.32 Å². The molecule has 1 N–H and O–H groups in total. The fourth-order valence-corrected chi connectivity index (χ4v) is 9.48. The molecule has 9 aromatic carbocycles. The van der Waals surface area contributed by atoms with Gasteiger partial charge in [0.1, 0.15) is 6.17 Å². The summed E-state index contributed by atoms with van der Waals surface area (Å²) in [5.74, 6) is 0. The van der Waals surface area contributed by atoms with E-state index in [0.717, 1.165) is 28.1 Å². The van der Waals surface area contributed by atoms with E-state index in [2.05, 4.69) is 199 Å². The Morgan fingerprint density at radius 1 is 0.339 bits per heavy atom. The van der Waals surface area contributed by atoms with Gasteiger partial charge in [-0.1, -0.05) is 170 Å². The Balaban J connectivity index is 1.10. The molecular formula is C54H34N2. The van der Waals surface area contributed by atoms with Gasteiger partial charge in [-0.05, 0) is 129 Å². The molecule has 0 bridgehead atoms. The Kier molecular flexibility index (Phi) is 6.73. The first-order valence-electron chi connectivity index (χ1n) is 19.4. The van der Waals surface area contributed by atoms with Gasteiger partial charge in [0.05, 0.1) is 5.71 Å². The van der Waals surface area contributed by atoms with Crippen molar-refractivity contribution in [3.8, 4) is 66.8 Å². The minimum absolute atomic E-state index is 0.314. The summed E-state index contributed by atoms with van der Waals surface area (Å²) < 4.78 is 0. The van der Waals surface area contributed by atoms with E-state index in [-0.39, 0.29) is 6.17 Å². The van der Waals surface area contributed by atoms with E-state index in [4.69, 9.17) is 4.99 Å². The molecule has 56 heavy (non-hydrogen) atoms. The molecule has 0 fully saturated rings. The second-order valence-electron chi connectivity index (χ2n) is 15.1. The standard InChI is InChI=1S/C54H34N2/c1-3-13-33(14-4-1)50-32-51(34-15-5-2-6-16-34)56-54(55-50)37-30-35(38-25-27-48-42-19-9-7-17-40(42)46-23-11-21-44(38)52(46)48)29-36(31-37)39-26-28-49-43-20-10-8-18-41(43)47-24-12-22-45(39)53(47)49/h1-32,54-55H. The van der Waals surface area contributed by atoms with Crippen molar-refractivity contribution in [2.24, 2.45) is 4.99 Å². The Hall–Kier alpha value is -7.29. The Morgan fingerprint density at radius 2 is 0.768 bits per heavy atom. The molecule has 0 aromatic heterocycles. The van der Waals surface area contributed by atoms with Gasteiger partial charge in [-0.2, -0.15) is 0 Å². The van der Waals surface area contributed by atoms with Gasteiger partial charge in [-0.25, -0.2) is 0 Å². The van der Waals surface area contributed by atoms with Crippen LogP contribution in [0.2, 0.25) is 0 Å². The number of allylic oxidation sites excluding steroid dienone is 1. The molecule has 2 heteroatoms. The van der Waals surface area contributed by atoms with Gasteiger partial charge in [-0.15, -0.1) is 0 Å². The number of fused-ring (bicyclic) bond motifs is 6. The summed E-state index contributed by atoms with van der Waals surface area (Å²) in [6, 6.07) is 68.8. The van der Waals surface area contributed by atoms with E-state index in [1.54, 1.807) is 0 Å². The van der Waals surface area contributed by atoms with Crippen LogP contribution < -0.4 is 5.32 Å². The first kappa shape index (κ1) is 31.1. The van der Waals surface area contributed by atoms with Crippen molar-refractivity contribution >= 4 is 33.0 Å². The molecule has 1 atom stereocenters. The number of aliphatic imine (C=N–C) groups is 1. The quantitative estimate of drug-likeness (QED) is 0.189. The molecule has 1 heterocycles. The van der Waals surface area contributed by atoms with Crippen molar-refractivity contribution in [3.63, 3.8) is 0 Å². The molecule has 0 amide bonds. The molecule has 260 valence electrons. The van der Waals surface area contributed by atoms with Crippen LogP contribution >= 0.6 is 0 Å². The van der Waals surface area contributed by atoms with Crippen LogP contribution in [0.25, 0.3) is 94.0 Å². The third-order valence-electron chi connectivity index (χ3n) is 12.0. The maximum atomic E-state index is 5.45. The van der Waals surface area contributed by atoms with Crippen LogP contribution in [0.5, 0.6) is 0 Å². The molecular weight excluding hydrogens is 677 g/mol. The molecule has 0 saturated carbocycles. The van der Waals surface area contributed by atoms with E-state index in [0.29, 0.717) is 0 Å². The van der Waals surface area contributed by atoms with Crippen molar-refractivity contribution in [1.29, 1.82) is 0 Å². The average molecular weight is 711 g/mol. The van der Waals surface area contributed by atoms with E-state index in [1.807, 2.05) is 0 Å². The summed E-state index contributed by atoms with van der Waals surface area (Å²) in [5, 5.41) is 9.07. The number of nitrogens with one attached hydrogen (secondary N) is 1. The van der Waals surface area contributed by atoms with Crippen LogP contribution in [0.4, 0.5) is 0 Å². The van der Waals surface area contributed by atoms with Gasteiger partial charge in [-0.3, -0.25) is 4.99 Å². The van der Waals surface area contributed by atoms with E-state index >= 15 is 0 Å². The summed E-state index contributed by atoms with van der Waals surface area (Å²) in [5.41, 5.74) is 20.6. The van der Waals surface area contributed by atoms with Crippen LogP contribution in [-0.2, 0) is 0 Å².